The highest BCUT2D eigenvalue weighted by Crippen LogP contribution is 2.23. The molecule has 1 N–H and O–H groups in total. The summed E-state index contributed by atoms with van der Waals surface area (Å²) in [6.45, 7) is 1.97. The summed E-state index contributed by atoms with van der Waals surface area (Å²) in [7, 11) is 0. The van der Waals surface area contributed by atoms with Crippen LogP contribution in [-0.2, 0) is 0 Å². The molecule has 38 heavy (non-hydrogen) atoms. The van der Waals surface area contributed by atoms with Crippen molar-refractivity contribution in [1.82, 2.24) is 19.3 Å². The molecule has 0 amide bonds. The topological polar surface area (TPSA) is 77.1 Å². The molecule has 6 rings (SSSR count). The summed E-state index contributed by atoms with van der Waals surface area (Å²) in [5.41, 5.74) is 8.70. The van der Waals surface area contributed by atoms with Crippen LogP contribution in [0.4, 0.5) is 5.95 Å². The molecule has 7 nitrogen and oxygen atoms in total. The number of para-hydroxylation sites is 3. The first kappa shape index (κ1) is 23.1. The zero-order chi connectivity index (χ0) is 25.9. The van der Waals surface area contributed by atoms with Crippen molar-refractivity contribution >= 4 is 23.1 Å². The van der Waals surface area contributed by atoms with E-state index in [2.05, 4.69) is 10.5 Å². The molecule has 184 valence electrons. The van der Waals surface area contributed by atoms with Crippen LogP contribution < -0.4 is 11.0 Å². The lowest BCUT2D eigenvalue weighted by atomic mass is 10.1. The molecular weight excluding hydrogens is 472 g/mol. The van der Waals surface area contributed by atoms with Gasteiger partial charge >= 0.3 is 0 Å². The molecule has 6 aromatic rings. The Morgan fingerprint density at radius 1 is 0.816 bits per heavy atom. The quantitative estimate of drug-likeness (QED) is 0.227. The van der Waals surface area contributed by atoms with Crippen molar-refractivity contribution in [2.45, 2.75) is 6.92 Å². The highest BCUT2D eigenvalue weighted by molar-refractivity contribution is 5.89. The lowest BCUT2D eigenvalue weighted by Crippen LogP contribution is -2.23. The van der Waals surface area contributed by atoms with Gasteiger partial charge in [0.2, 0.25) is 5.95 Å². The number of fused-ring (bicyclic) bond motifs is 1. The van der Waals surface area contributed by atoms with Gasteiger partial charge in [0.05, 0.1) is 28.5 Å². The average molecular weight is 497 g/mol. The Bertz CT molecular complexity index is 1820. The Morgan fingerprint density at radius 2 is 1.50 bits per heavy atom. The van der Waals surface area contributed by atoms with Gasteiger partial charge in [0.1, 0.15) is 5.69 Å². The van der Waals surface area contributed by atoms with Crippen LogP contribution in [0.1, 0.15) is 11.1 Å². The molecule has 4 aromatic carbocycles. The summed E-state index contributed by atoms with van der Waals surface area (Å²) >= 11 is 0. The fourth-order valence-corrected chi connectivity index (χ4v) is 4.42. The van der Waals surface area contributed by atoms with E-state index in [0.29, 0.717) is 16.9 Å². The predicted molar refractivity (Wildman–Crippen MR) is 152 cm³/mol. The van der Waals surface area contributed by atoms with Crippen LogP contribution in [0.3, 0.4) is 0 Å². The first-order valence-corrected chi connectivity index (χ1v) is 12.3. The highest BCUT2D eigenvalue weighted by atomic mass is 16.1. The third-order valence-corrected chi connectivity index (χ3v) is 6.31. The molecular formula is C31H24N6O. The van der Waals surface area contributed by atoms with E-state index in [9.17, 15) is 4.79 Å². The molecule has 0 atom stereocenters. The smallest absolute Gasteiger partial charge is 0.267 e. The van der Waals surface area contributed by atoms with E-state index < -0.39 is 0 Å². The van der Waals surface area contributed by atoms with Gasteiger partial charge in [-0.2, -0.15) is 10.2 Å². The molecule has 0 unspecified atom stereocenters. The number of hydrogen-bond donors (Lipinski definition) is 1. The average Bonchev–Trinajstić information content (AvgIpc) is 3.39. The Kier molecular flexibility index (Phi) is 6.08. The van der Waals surface area contributed by atoms with Crippen molar-refractivity contribution in [3.63, 3.8) is 0 Å². The monoisotopic (exact) mass is 496 g/mol. The van der Waals surface area contributed by atoms with Gasteiger partial charge in [0.25, 0.3) is 5.56 Å². The molecule has 0 saturated carbocycles. The molecule has 0 radical (unpaired) electrons. The molecule has 0 saturated heterocycles. The summed E-state index contributed by atoms with van der Waals surface area (Å²) in [5.74, 6) is 0.330. The van der Waals surface area contributed by atoms with E-state index in [-0.39, 0.29) is 5.56 Å². The Balaban J connectivity index is 1.44. The number of aromatic nitrogens is 4. The number of aryl methyl sites for hydroxylation is 1. The minimum absolute atomic E-state index is 0.163. The van der Waals surface area contributed by atoms with Gasteiger partial charge < -0.3 is 0 Å². The second-order valence-corrected chi connectivity index (χ2v) is 8.83. The standard InChI is InChI=1S/C31H24N6O/c1-22-12-8-11-19-28(22)37-30(38)26-17-9-10-18-27(26)33-31(37)34-32-20-24-21-36(25-15-6-3-7-16-25)35-29(24)23-13-4-2-5-14-23/h2-21H,1H3,(H,33,34)/b32-20+. The van der Waals surface area contributed by atoms with Crippen molar-refractivity contribution in [3.8, 4) is 22.6 Å². The van der Waals surface area contributed by atoms with Crippen LogP contribution in [0.2, 0.25) is 0 Å². The highest BCUT2D eigenvalue weighted by Gasteiger charge is 2.15. The fraction of sp³-hybridized carbons (Fsp3) is 0.0323. The first-order valence-electron chi connectivity index (χ1n) is 12.3. The van der Waals surface area contributed by atoms with E-state index in [4.69, 9.17) is 10.1 Å². The molecule has 0 aliphatic rings. The number of hydrogen-bond acceptors (Lipinski definition) is 5. The van der Waals surface area contributed by atoms with Crippen molar-refractivity contribution in [1.29, 1.82) is 0 Å². The maximum absolute atomic E-state index is 13.6. The molecule has 0 aliphatic carbocycles. The molecule has 2 aromatic heterocycles. The van der Waals surface area contributed by atoms with E-state index >= 15 is 0 Å². The molecule has 2 heterocycles. The SMILES string of the molecule is Cc1ccccc1-n1c(N/N=C/c2cn(-c3ccccc3)nc2-c2ccccc2)nc2ccccc2c1=O. The zero-order valence-corrected chi connectivity index (χ0v) is 20.7. The minimum atomic E-state index is -0.163. The lowest BCUT2D eigenvalue weighted by molar-refractivity contribution is 0.884. The Labute approximate surface area is 219 Å². The number of nitrogens with one attached hydrogen (secondary N) is 1. The van der Waals surface area contributed by atoms with E-state index in [0.717, 1.165) is 33.8 Å². The second kappa shape index (κ2) is 9.99. The van der Waals surface area contributed by atoms with Gasteiger partial charge in [0, 0.05) is 17.3 Å². The van der Waals surface area contributed by atoms with Crippen LogP contribution >= 0.6 is 0 Å². The van der Waals surface area contributed by atoms with Crippen LogP contribution in [0.15, 0.2) is 125 Å². The molecule has 0 fully saturated rings. The normalized spacial score (nSPS) is 11.3. The molecule has 7 heteroatoms. The van der Waals surface area contributed by atoms with E-state index in [1.54, 1.807) is 16.8 Å². The number of hydrazone groups is 1. The summed E-state index contributed by atoms with van der Waals surface area (Å²) in [6.07, 6.45) is 3.64. The summed E-state index contributed by atoms with van der Waals surface area (Å²) in [5, 5.41) is 9.90. The molecule has 0 spiro atoms. The largest absolute Gasteiger partial charge is 0.268 e. The molecule has 0 aliphatic heterocycles. The van der Waals surface area contributed by atoms with Gasteiger partial charge in [-0.1, -0.05) is 78.9 Å². The van der Waals surface area contributed by atoms with Gasteiger partial charge in [-0.05, 0) is 42.8 Å². The maximum Gasteiger partial charge on any atom is 0.267 e. The number of benzene rings is 4. The third-order valence-electron chi connectivity index (χ3n) is 6.31. The Morgan fingerprint density at radius 3 is 2.29 bits per heavy atom. The minimum Gasteiger partial charge on any atom is -0.268 e. The molecule has 0 bridgehead atoms. The maximum atomic E-state index is 13.6. The van der Waals surface area contributed by atoms with Crippen molar-refractivity contribution in [2.24, 2.45) is 5.10 Å². The van der Waals surface area contributed by atoms with Gasteiger partial charge in [-0.15, -0.1) is 0 Å². The van der Waals surface area contributed by atoms with Crippen molar-refractivity contribution in [2.75, 3.05) is 5.43 Å². The van der Waals surface area contributed by atoms with E-state index in [1.807, 2.05) is 121 Å². The van der Waals surface area contributed by atoms with Crippen molar-refractivity contribution in [3.05, 3.63) is 137 Å². The van der Waals surface area contributed by atoms with Gasteiger partial charge in [-0.25, -0.2) is 19.7 Å². The van der Waals surface area contributed by atoms with Crippen molar-refractivity contribution < 1.29 is 0 Å². The van der Waals surface area contributed by atoms with Crippen LogP contribution in [0, 0.1) is 6.92 Å². The Hall–Kier alpha value is -5.30. The zero-order valence-electron chi connectivity index (χ0n) is 20.7. The predicted octanol–water partition coefficient (Wildman–Crippen LogP) is 5.99. The number of nitrogens with zero attached hydrogens (tertiary/aromatic N) is 5. The summed E-state index contributed by atoms with van der Waals surface area (Å²) < 4.78 is 3.40. The third kappa shape index (κ3) is 4.37. The summed E-state index contributed by atoms with van der Waals surface area (Å²) in [6, 6.07) is 34.9. The van der Waals surface area contributed by atoms with Crippen LogP contribution in [0.25, 0.3) is 33.5 Å². The lowest BCUT2D eigenvalue weighted by Gasteiger charge is -2.14. The van der Waals surface area contributed by atoms with E-state index in [1.165, 1.54) is 0 Å². The van der Waals surface area contributed by atoms with Gasteiger partial charge in [-0.3, -0.25) is 4.79 Å². The first-order chi connectivity index (χ1) is 18.7. The van der Waals surface area contributed by atoms with Gasteiger partial charge in [0.15, 0.2) is 0 Å². The van der Waals surface area contributed by atoms with Crippen LogP contribution in [-0.4, -0.2) is 25.5 Å². The summed E-state index contributed by atoms with van der Waals surface area (Å²) in [4.78, 5) is 18.3. The van der Waals surface area contributed by atoms with Crippen LogP contribution in [0.5, 0.6) is 0 Å². The number of rotatable bonds is 6. The number of anilines is 1. The fourth-order valence-electron chi connectivity index (χ4n) is 4.42. The second-order valence-electron chi connectivity index (χ2n) is 8.83.